The fourth-order valence-electron chi connectivity index (χ4n) is 4.01. The van der Waals surface area contributed by atoms with Crippen LogP contribution in [0.3, 0.4) is 0 Å². The van der Waals surface area contributed by atoms with E-state index in [-0.39, 0.29) is 12.5 Å². The summed E-state index contributed by atoms with van der Waals surface area (Å²) in [5.74, 6) is -1.15. The molecule has 1 unspecified atom stereocenters. The molecule has 2 N–H and O–H groups in total. The number of halogens is 4. The minimum absolute atomic E-state index is 0.146. The molecule has 0 spiro atoms. The molecule has 2 aromatic rings. The number of nitrogens with zero attached hydrogens (tertiary/aromatic N) is 4. The maximum atomic E-state index is 13.2. The number of hydrogen-bond donors (Lipinski definition) is 1. The van der Waals surface area contributed by atoms with Gasteiger partial charge in [-0.1, -0.05) is 0 Å². The van der Waals surface area contributed by atoms with Gasteiger partial charge in [-0.05, 0) is 28.8 Å². The van der Waals surface area contributed by atoms with Crippen molar-refractivity contribution in [2.24, 2.45) is 5.92 Å². The molecule has 0 saturated carbocycles. The number of nitrogens with two attached hydrogens (primary N) is 1. The first-order valence-electron chi connectivity index (χ1n) is 7.91. The van der Waals surface area contributed by atoms with Crippen molar-refractivity contribution in [3.8, 4) is 0 Å². The zero-order chi connectivity index (χ0) is 17.9. The van der Waals surface area contributed by atoms with Gasteiger partial charge in [0.2, 0.25) is 5.91 Å². The van der Waals surface area contributed by atoms with E-state index in [0.29, 0.717) is 34.6 Å². The highest BCUT2D eigenvalue weighted by molar-refractivity contribution is 9.10. The Morgan fingerprint density at radius 3 is 2.80 bits per heavy atom. The Morgan fingerprint density at radius 1 is 1.32 bits per heavy atom. The van der Waals surface area contributed by atoms with Crippen LogP contribution >= 0.6 is 15.9 Å². The Labute approximate surface area is 149 Å². The monoisotopic (exact) mass is 417 g/mol. The van der Waals surface area contributed by atoms with Crippen LogP contribution in [0.25, 0.3) is 5.52 Å². The molecule has 4 rings (SSSR count). The summed E-state index contributed by atoms with van der Waals surface area (Å²) in [6.45, 7) is 0.240. The molecular formula is C15H15BrF3N5O. The molecular weight excluding hydrogens is 403 g/mol. The highest BCUT2D eigenvalue weighted by atomic mass is 79.9. The van der Waals surface area contributed by atoms with Crippen molar-refractivity contribution in [2.45, 2.75) is 37.4 Å². The fourth-order valence-corrected chi connectivity index (χ4v) is 4.59. The van der Waals surface area contributed by atoms with Crippen LogP contribution in [0.5, 0.6) is 0 Å². The normalized spacial score (nSPS) is 27.1. The number of alkyl halides is 3. The van der Waals surface area contributed by atoms with Crippen molar-refractivity contribution in [3.63, 3.8) is 0 Å². The Bertz CT molecular complexity index is 852. The molecule has 2 saturated heterocycles. The maximum Gasteiger partial charge on any atom is 0.394 e. The highest BCUT2D eigenvalue weighted by Gasteiger charge is 2.55. The smallest absolute Gasteiger partial charge is 0.382 e. The Morgan fingerprint density at radius 2 is 2.08 bits per heavy atom. The average Bonchev–Trinajstić information content (AvgIpc) is 3.06. The molecule has 2 fully saturated rings. The molecule has 0 radical (unpaired) electrons. The molecule has 2 aromatic heterocycles. The molecule has 2 aliphatic rings. The number of amides is 1. The molecule has 0 bridgehead atoms. The van der Waals surface area contributed by atoms with Gasteiger partial charge in [0.25, 0.3) is 0 Å². The number of anilines is 1. The summed E-state index contributed by atoms with van der Waals surface area (Å²) in [5, 5.41) is 0. The predicted octanol–water partition coefficient (Wildman–Crippen LogP) is 2.73. The minimum atomic E-state index is -4.34. The molecule has 10 heteroatoms. The highest BCUT2D eigenvalue weighted by Crippen LogP contribution is 2.45. The van der Waals surface area contributed by atoms with Gasteiger partial charge >= 0.3 is 6.18 Å². The van der Waals surface area contributed by atoms with E-state index in [2.05, 4.69) is 25.9 Å². The van der Waals surface area contributed by atoms with Crippen molar-refractivity contribution in [2.75, 3.05) is 12.3 Å². The fraction of sp³-hybridized carbons (Fsp3) is 0.533. The van der Waals surface area contributed by atoms with Crippen LogP contribution in [0.4, 0.5) is 19.0 Å². The van der Waals surface area contributed by atoms with E-state index in [1.54, 1.807) is 16.8 Å². The van der Waals surface area contributed by atoms with E-state index >= 15 is 0 Å². The summed E-state index contributed by atoms with van der Waals surface area (Å²) in [7, 11) is 0. The van der Waals surface area contributed by atoms with E-state index in [0.717, 1.165) is 0 Å². The van der Waals surface area contributed by atoms with Gasteiger partial charge in [-0.15, -0.1) is 0 Å². The molecule has 4 heterocycles. The number of aromatic nitrogens is 3. The number of rotatable bonds is 1. The van der Waals surface area contributed by atoms with Gasteiger partial charge in [0, 0.05) is 37.3 Å². The van der Waals surface area contributed by atoms with Crippen molar-refractivity contribution in [1.29, 1.82) is 0 Å². The predicted molar refractivity (Wildman–Crippen MR) is 86.7 cm³/mol. The molecule has 0 aromatic carbocycles. The summed E-state index contributed by atoms with van der Waals surface area (Å²) >= 11 is 3.36. The Kier molecular flexibility index (Phi) is 3.71. The maximum absolute atomic E-state index is 13.2. The molecule has 25 heavy (non-hydrogen) atoms. The summed E-state index contributed by atoms with van der Waals surface area (Å²) < 4.78 is 41.8. The third-order valence-electron chi connectivity index (χ3n) is 5.16. The second-order valence-electron chi connectivity index (χ2n) is 6.53. The summed E-state index contributed by atoms with van der Waals surface area (Å²) in [4.78, 5) is 22.0. The number of piperidine rings is 1. The average molecular weight is 418 g/mol. The summed E-state index contributed by atoms with van der Waals surface area (Å²) in [5.41, 5.74) is 6.51. The van der Waals surface area contributed by atoms with Crippen molar-refractivity contribution < 1.29 is 18.0 Å². The van der Waals surface area contributed by atoms with Gasteiger partial charge in [0.05, 0.1) is 5.92 Å². The van der Waals surface area contributed by atoms with Crippen LogP contribution in [0, 0.1) is 5.92 Å². The first kappa shape index (κ1) is 16.6. The lowest BCUT2D eigenvalue weighted by Gasteiger charge is -2.37. The SMILES string of the molecule is Nc1nccn2c([C@@H]3CC[C@@H]4C(C(F)(F)F)CC(=O)N4C3)nc(Br)c12. The van der Waals surface area contributed by atoms with E-state index in [1.807, 2.05) is 0 Å². The minimum Gasteiger partial charge on any atom is -0.382 e. The van der Waals surface area contributed by atoms with Crippen LogP contribution in [0.1, 0.15) is 31.0 Å². The van der Waals surface area contributed by atoms with Crippen LogP contribution in [-0.2, 0) is 4.79 Å². The van der Waals surface area contributed by atoms with E-state index in [1.165, 1.54) is 4.90 Å². The standard InChI is InChI=1S/C15H15BrF3N5O/c16-12-11-13(20)21-3-4-23(11)14(22-12)7-1-2-9-8(15(17,18)19)5-10(25)24(9)6-7/h3-4,7-9H,1-2,5-6H2,(H2,20,21)/t7-,8?,9-/m1/s1. The largest absolute Gasteiger partial charge is 0.394 e. The van der Waals surface area contributed by atoms with E-state index in [4.69, 9.17) is 5.73 Å². The number of carbonyl (C=O) groups is 1. The van der Waals surface area contributed by atoms with E-state index in [9.17, 15) is 18.0 Å². The van der Waals surface area contributed by atoms with Crippen molar-refractivity contribution in [3.05, 3.63) is 22.8 Å². The molecule has 1 amide bonds. The van der Waals surface area contributed by atoms with Gasteiger partial charge in [0.15, 0.2) is 5.82 Å². The second kappa shape index (κ2) is 5.58. The second-order valence-corrected chi connectivity index (χ2v) is 7.28. The lowest BCUT2D eigenvalue weighted by atomic mass is 9.87. The number of imidazole rings is 1. The lowest BCUT2D eigenvalue weighted by Crippen LogP contribution is -2.45. The van der Waals surface area contributed by atoms with Crippen molar-refractivity contribution >= 4 is 33.2 Å². The van der Waals surface area contributed by atoms with Crippen LogP contribution in [0.2, 0.25) is 0 Å². The Balaban J connectivity index is 1.66. The number of hydrogen-bond acceptors (Lipinski definition) is 4. The molecule has 134 valence electrons. The number of fused-ring (bicyclic) bond motifs is 2. The third kappa shape index (κ3) is 2.57. The van der Waals surface area contributed by atoms with Gasteiger partial charge in [0.1, 0.15) is 15.9 Å². The van der Waals surface area contributed by atoms with Crippen LogP contribution < -0.4 is 5.73 Å². The number of carbonyl (C=O) groups excluding carboxylic acids is 1. The molecule has 6 nitrogen and oxygen atoms in total. The molecule has 3 atom stereocenters. The van der Waals surface area contributed by atoms with Crippen molar-refractivity contribution in [1.82, 2.24) is 19.3 Å². The van der Waals surface area contributed by atoms with E-state index < -0.39 is 30.5 Å². The van der Waals surface area contributed by atoms with Gasteiger partial charge in [-0.2, -0.15) is 13.2 Å². The molecule has 2 aliphatic heterocycles. The molecule has 0 aliphatic carbocycles. The zero-order valence-electron chi connectivity index (χ0n) is 13.0. The lowest BCUT2D eigenvalue weighted by molar-refractivity contribution is -0.182. The van der Waals surface area contributed by atoms with Gasteiger partial charge in [-0.25, -0.2) is 9.97 Å². The summed E-state index contributed by atoms with van der Waals surface area (Å²) in [6, 6.07) is -0.759. The third-order valence-corrected chi connectivity index (χ3v) is 5.71. The topological polar surface area (TPSA) is 76.5 Å². The number of nitrogen functional groups attached to an aromatic ring is 1. The van der Waals surface area contributed by atoms with Crippen LogP contribution in [0.15, 0.2) is 17.0 Å². The van der Waals surface area contributed by atoms with Gasteiger partial charge in [-0.3, -0.25) is 9.20 Å². The first-order valence-corrected chi connectivity index (χ1v) is 8.70. The first-order chi connectivity index (χ1) is 11.8. The summed E-state index contributed by atoms with van der Waals surface area (Å²) in [6.07, 6.45) is -0.682. The quantitative estimate of drug-likeness (QED) is 0.773. The Hall–Kier alpha value is -1.84. The zero-order valence-corrected chi connectivity index (χ0v) is 14.6. The van der Waals surface area contributed by atoms with Crippen LogP contribution in [-0.4, -0.2) is 43.9 Å². The van der Waals surface area contributed by atoms with Gasteiger partial charge < -0.3 is 10.6 Å².